The van der Waals surface area contributed by atoms with Crippen molar-refractivity contribution in [1.29, 1.82) is 0 Å². The van der Waals surface area contributed by atoms with Crippen molar-refractivity contribution >= 4 is 15.9 Å². The van der Waals surface area contributed by atoms with Crippen molar-refractivity contribution < 1.29 is 0 Å². The largest absolute Gasteiger partial charge is 0.340 e. The van der Waals surface area contributed by atoms with Gasteiger partial charge >= 0.3 is 0 Å². The number of rotatable bonds is 6. The number of hydrogen-bond donors (Lipinski definition) is 1. The third kappa shape index (κ3) is 3.06. The van der Waals surface area contributed by atoms with Gasteiger partial charge in [0.25, 0.3) is 0 Å². The van der Waals surface area contributed by atoms with Crippen molar-refractivity contribution in [3.63, 3.8) is 0 Å². The summed E-state index contributed by atoms with van der Waals surface area (Å²) < 4.78 is 5.00. The molecule has 0 saturated carbocycles. The van der Waals surface area contributed by atoms with Crippen LogP contribution in [0.25, 0.3) is 0 Å². The molecule has 104 valence electrons. The maximum Gasteiger partial charge on any atom is 0.0949 e. The number of aryl methyl sites for hydroxylation is 2. The molecule has 6 heteroatoms. The predicted octanol–water partition coefficient (Wildman–Crippen LogP) is 2.49. The Morgan fingerprint density at radius 2 is 2.21 bits per heavy atom. The molecule has 2 aromatic heterocycles. The minimum absolute atomic E-state index is 0.0676. The summed E-state index contributed by atoms with van der Waals surface area (Å²) in [5.41, 5.74) is 2.15. The average Bonchev–Trinajstić information content (AvgIpc) is 2.98. The van der Waals surface area contributed by atoms with E-state index in [0.29, 0.717) is 0 Å². The van der Waals surface area contributed by atoms with Crippen molar-refractivity contribution in [2.45, 2.75) is 32.9 Å². The first kappa shape index (κ1) is 14.3. The molecule has 0 fully saturated rings. The van der Waals surface area contributed by atoms with Crippen molar-refractivity contribution in [2.75, 3.05) is 6.54 Å². The molecule has 0 amide bonds. The van der Waals surface area contributed by atoms with Gasteiger partial charge in [-0.1, -0.05) is 6.92 Å². The molecule has 0 spiro atoms. The van der Waals surface area contributed by atoms with Crippen molar-refractivity contribution in [2.24, 2.45) is 7.05 Å². The molecular formula is C13H20BrN5. The Morgan fingerprint density at radius 1 is 1.42 bits per heavy atom. The second-order valence-electron chi connectivity index (χ2n) is 4.54. The topological polar surface area (TPSA) is 47.7 Å². The van der Waals surface area contributed by atoms with Crippen LogP contribution in [-0.4, -0.2) is 25.9 Å². The third-order valence-corrected chi connectivity index (χ3v) is 3.64. The highest BCUT2D eigenvalue weighted by Crippen LogP contribution is 2.27. The van der Waals surface area contributed by atoms with Gasteiger partial charge in [-0.25, -0.2) is 4.98 Å². The fourth-order valence-corrected chi connectivity index (χ4v) is 2.65. The fraction of sp³-hybridized carbons (Fsp3) is 0.538. The van der Waals surface area contributed by atoms with Crippen molar-refractivity contribution in [3.8, 4) is 0 Å². The SMILES string of the molecule is CCCNC(c1cn(C)cn1)c1c(Br)cnn1CC. The lowest BCUT2D eigenvalue weighted by atomic mass is 10.1. The van der Waals surface area contributed by atoms with Crippen LogP contribution in [0.15, 0.2) is 23.2 Å². The van der Waals surface area contributed by atoms with Crippen LogP contribution in [-0.2, 0) is 13.6 Å². The number of halogens is 1. The lowest BCUT2D eigenvalue weighted by Gasteiger charge is -2.18. The van der Waals surface area contributed by atoms with E-state index < -0.39 is 0 Å². The highest BCUT2D eigenvalue weighted by molar-refractivity contribution is 9.10. The van der Waals surface area contributed by atoms with Crippen LogP contribution in [0, 0.1) is 0 Å². The molecular weight excluding hydrogens is 306 g/mol. The summed E-state index contributed by atoms with van der Waals surface area (Å²) in [5, 5.41) is 7.94. The first-order chi connectivity index (χ1) is 9.17. The molecule has 2 heterocycles. The molecule has 0 aliphatic carbocycles. The Hall–Kier alpha value is -1.14. The van der Waals surface area contributed by atoms with Gasteiger partial charge in [0, 0.05) is 19.8 Å². The van der Waals surface area contributed by atoms with E-state index in [1.165, 1.54) is 0 Å². The van der Waals surface area contributed by atoms with Gasteiger partial charge in [-0.05, 0) is 35.8 Å². The number of aromatic nitrogens is 4. The van der Waals surface area contributed by atoms with E-state index in [0.717, 1.165) is 35.4 Å². The molecule has 19 heavy (non-hydrogen) atoms. The summed E-state index contributed by atoms with van der Waals surface area (Å²) in [4.78, 5) is 4.48. The van der Waals surface area contributed by atoms with E-state index in [4.69, 9.17) is 0 Å². The van der Waals surface area contributed by atoms with Gasteiger partial charge in [0.2, 0.25) is 0 Å². The van der Waals surface area contributed by atoms with Crippen LogP contribution in [0.2, 0.25) is 0 Å². The molecule has 0 aliphatic heterocycles. The lowest BCUT2D eigenvalue weighted by molar-refractivity contribution is 0.521. The molecule has 0 radical (unpaired) electrons. The zero-order valence-electron chi connectivity index (χ0n) is 11.6. The second kappa shape index (κ2) is 6.34. The van der Waals surface area contributed by atoms with E-state index in [1.807, 2.05) is 35.0 Å². The normalized spacial score (nSPS) is 12.8. The Kier molecular flexibility index (Phi) is 4.76. The smallest absolute Gasteiger partial charge is 0.0949 e. The number of imidazole rings is 1. The Labute approximate surface area is 122 Å². The van der Waals surface area contributed by atoms with E-state index in [1.54, 1.807) is 0 Å². The average molecular weight is 326 g/mol. The third-order valence-electron chi connectivity index (χ3n) is 3.03. The number of hydrogen-bond acceptors (Lipinski definition) is 3. The minimum Gasteiger partial charge on any atom is -0.340 e. The Morgan fingerprint density at radius 3 is 2.79 bits per heavy atom. The highest BCUT2D eigenvalue weighted by Gasteiger charge is 2.22. The van der Waals surface area contributed by atoms with Gasteiger partial charge < -0.3 is 9.88 Å². The summed E-state index contributed by atoms with van der Waals surface area (Å²) in [6.45, 7) is 6.05. The standard InChI is InChI=1S/C13H20BrN5/c1-4-6-15-12(11-8-18(3)9-16-11)13-10(14)7-17-19(13)5-2/h7-9,12,15H,4-6H2,1-3H3. The van der Waals surface area contributed by atoms with Crippen LogP contribution in [0.5, 0.6) is 0 Å². The van der Waals surface area contributed by atoms with Crippen LogP contribution >= 0.6 is 15.9 Å². The highest BCUT2D eigenvalue weighted by atomic mass is 79.9. The molecule has 1 N–H and O–H groups in total. The molecule has 2 rings (SSSR count). The molecule has 1 atom stereocenters. The van der Waals surface area contributed by atoms with Crippen molar-refractivity contribution in [1.82, 2.24) is 24.6 Å². The molecule has 0 aromatic carbocycles. The summed E-state index contributed by atoms with van der Waals surface area (Å²) >= 11 is 3.60. The monoisotopic (exact) mass is 325 g/mol. The summed E-state index contributed by atoms with van der Waals surface area (Å²) in [6, 6.07) is 0.0676. The molecule has 0 bridgehead atoms. The van der Waals surface area contributed by atoms with Crippen LogP contribution in [0.3, 0.4) is 0 Å². The zero-order chi connectivity index (χ0) is 13.8. The molecule has 0 saturated heterocycles. The van der Waals surface area contributed by atoms with Gasteiger partial charge in [-0.2, -0.15) is 5.10 Å². The molecule has 2 aromatic rings. The molecule has 1 unspecified atom stereocenters. The summed E-state index contributed by atoms with van der Waals surface area (Å²) in [7, 11) is 1.99. The Balaban J connectivity index is 2.39. The Bertz CT molecular complexity index is 531. The minimum atomic E-state index is 0.0676. The van der Waals surface area contributed by atoms with E-state index >= 15 is 0 Å². The van der Waals surface area contributed by atoms with Crippen LogP contribution in [0.1, 0.15) is 37.7 Å². The molecule has 0 aliphatic rings. The maximum atomic E-state index is 4.48. The second-order valence-corrected chi connectivity index (χ2v) is 5.40. The van der Waals surface area contributed by atoms with E-state index in [9.17, 15) is 0 Å². The van der Waals surface area contributed by atoms with Crippen LogP contribution < -0.4 is 5.32 Å². The van der Waals surface area contributed by atoms with E-state index in [-0.39, 0.29) is 6.04 Å². The first-order valence-electron chi connectivity index (χ1n) is 6.59. The van der Waals surface area contributed by atoms with Gasteiger partial charge in [-0.3, -0.25) is 4.68 Å². The lowest BCUT2D eigenvalue weighted by Crippen LogP contribution is -2.26. The van der Waals surface area contributed by atoms with Gasteiger partial charge in [0.15, 0.2) is 0 Å². The summed E-state index contributed by atoms with van der Waals surface area (Å²) in [5.74, 6) is 0. The first-order valence-corrected chi connectivity index (χ1v) is 7.39. The van der Waals surface area contributed by atoms with Crippen molar-refractivity contribution in [3.05, 3.63) is 34.6 Å². The summed E-state index contributed by atoms with van der Waals surface area (Å²) in [6.07, 6.45) is 6.81. The quantitative estimate of drug-likeness (QED) is 0.887. The van der Waals surface area contributed by atoms with E-state index in [2.05, 4.69) is 45.2 Å². The van der Waals surface area contributed by atoms with Gasteiger partial charge in [0.1, 0.15) is 0 Å². The fourth-order valence-electron chi connectivity index (χ4n) is 2.12. The zero-order valence-corrected chi connectivity index (χ0v) is 13.2. The number of nitrogens with zero attached hydrogens (tertiary/aromatic N) is 4. The van der Waals surface area contributed by atoms with Gasteiger partial charge in [0.05, 0.1) is 34.4 Å². The van der Waals surface area contributed by atoms with Gasteiger partial charge in [-0.15, -0.1) is 0 Å². The maximum absolute atomic E-state index is 4.48. The number of nitrogens with one attached hydrogen (secondary N) is 1. The molecule has 5 nitrogen and oxygen atoms in total. The van der Waals surface area contributed by atoms with Crippen LogP contribution in [0.4, 0.5) is 0 Å². The predicted molar refractivity (Wildman–Crippen MR) is 78.9 cm³/mol.